The second-order valence-corrected chi connectivity index (χ2v) is 5.53. The first kappa shape index (κ1) is 15.9. The number of amides is 1. The van der Waals surface area contributed by atoms with E-state index < -0.39 is 5.97 Å². The van der Waals surface area contributed by atoms with Crippen LogP contribution in [0.5, 0.6) is 0 Å². The van der Waals surface area contributed by atoms with Gasteiger partial charge in [0.25, 0.3) is 5.91 Å². The molecule has 22 heavy (non-hydrogen) atoms. The number of para-hydroxylation sites is 2. The third kappa shape index (κ3) is 4.00. The van der Waals surface area contributed by atoms with E-state index in [1.807, 2.05) is 32.0 Å². The van der Waals surface area contributed by atoms with Gasteiger partial charge < -0.3 is 10.0 Å². The van der Waals surface area contributed by atoms with Gasteiger partial charge in [-0.25, -0.2) is 4.98 Å². The van der Waals surface area contributed by atoms with Crippen LogP contribution < -0.4 is 0 Å². The van der Waals surface area contributed by atoms with E-state index in [0.29, 0.717) is 12.1 Å². The molecule has 0 spiro atoms. The predicted octanol–water partition coefficient (Wildman–Crippen LogP) is 2.20. The van der Waals surface area contributed by atoms with Crippen molar-refractivity contribution in [3.05, 3.63) is 36.2 Å². The Kier molecular flexibility index (Phi) is 5.04. The van der Waals surface area contributed by atoms with E-state index in [1.165, 1.54) is 11.1 Å². The summed E-state index contributed by atoms with van der Waals surface area (Å²) in [4.78, 5) is 33.4. The number of hydrogen-bond acceptors (Lipinski definition) is 4. The summed E-state index contributed by atoms with van der Waals surface area (Å²) in [6.45, 7) is 4.61. The van der Waals surface area contributed by atoms with Crippen molar-refractivity contribution in [3.63, 3.8) is 0 Å². The van der Waals surface area contributed by atoms with Crippen LogP contribution in [0.2, 0.25) is 0 Å². The molecule has 2 rings (SSSR count). The number of aromatic nitrogens is 2. The van der Waals surface area contributed by atoms with E-state index in [1.54, 1.807) is 6.07 Å². The molecule has 0 aliphatic heterocycles. The molecular weight excluding hydrogens is 282 g/mol. The molecule has 0 unspecified atom stereocenters. The summed E-state index contributed by atoms with van der Waals surface area (Å²) in [5.74, 6) is -0.967. The van der Waals surface area contributed by atoms with Crippen LogP contribution in [0.4, 0.5) is 0 Å². The lowest BCUT2D eigenvalue weighted by Gasteiger charge is -2.23. The highest BCUT2D eigenvalue weighted by atomic mass is 16.4. The van der Waals surface area contributed by atoms with Gasteiger partial charge in [-0.3, -0.25) is 14.6 Å². The van der Waals surface area contributed by atoms with Gasteiger partial charge in [0, 0.05) is 13.1 Å². The van der Waals surface area contributed by atoms with E-state index in [4.69, 9.17) is 5.11 Å². The molecule has 6 heteroatoms. The highest BCUT2D eigenvalue weighted by Crippen LogP contribution is 2.11. The van der Waals surface area contributed by atoms with Crippen LogP contribution in [0.15, 0.2) is 30.5 Å². The number of fused-ring (bicyclic) bond motifs is 1. The Morgan fingerprint density at radius 3 is 2.55 bits per heavy atom. The summed E-state index contributed by atoms with van der Waals surface area (Å²) in [6, 6.07) is 7.31. The molecule has 1 amide bonds. The van der Waals surface area contributed by atoms with Gasteiger partial charge >= 0.3 is 5.97 Å². The number of carbonyl (C=O) groups is 2. The van der Waals surface area contributed by atoms with E-state index in [9.17, 15) is 9.59 Å². The van der Waals surface area contributed by atoms with Crippen molar-refractivity contribution in [1.82, 2.24) is 14.9 Å². The van der Waals surface area contributed by atoms with Gasteiger partial charge in [0.1, 0.15) is 5.69 Å². The Labute approximate surface area is 128 Å². The van der Waals surface area contributed by atoms with Gasteiger partial charge in [-0.15, -0.1) is 0 Å². The van der Waals surface area contributed by atoms with Gasteiger partial charge in [-0.2, -0.15) is 0 Å². The summed E-state index contributed by atoms with van der Waals surface area (Å²) in [6.07, 6.45) is 1.36. The quantitative estimate of drug-likeness (QED) is 0.884. The summed E-state index contributed by atoms with van der Waals surface area (Å²) < 4.78 is 0. The number of benzene rings is 1. The van der Waals surface area contributed by atoms with E-state index in [0.717, 1.165) is 5.52 Å². The van der Waals surface area contributed by atoms with Crippen molar-refractivity contribution in [2.24, 2.45) is 5.92 Å². The number of carbonyl (C=O) groups excluding carboxylic acids is 1. The summed E-state index contributed by atoms with van der Waals surface area (Å²) in [7, 11) is 0. The summed E-state index contributed by atoms with van der Waals surface area (Å²) in [5, 5.41) is 8.82. The lowest BCUT2D eigenvalue weighted by atomic mass is 10.2. The number of carboxylic acids is 1. The fourth-order valence-corrected chi connectivity index (χ4v) is 2.17. The highest BCUT2D eigenvalue weighted by Gasteiger charge is 2.19. The molecule has 0 saturated heterocycles. The SMILES string of the molecule is CC(C)CN(CCC(=O)O)C(=O)c1cnc2ccccc2n1. The second-order valence-electron chi connectivity index (χ2n) is 5.53. The van der Waals surface area contributed by atoms with Crippen LogP contribution in [0.1, 0.15) is 30.8 Å². The molecule has 6 nitrogen and oxygen atoms in total. The zero-order valence-electron chi connectivity index (χ0n) is 12.7. The van der Waals surface area contributed by atoms with Crippen molar-refractivity contribution in [2.75, 3.05) is 13.1 Å². The average molecular weight is 301 g/mol. The Morgan fingerprint density at radius 2 is 1.91 bits per heavy atom. The van der Waals surface area contributed by atoms with Crippen molar-refractivity contribution in [2.45, 2.75) is 20.3 Å². The Balaban J connectivity index is 2.24. The van der Waals surface area contributed by atoms with Crippen LogP contribution in [0.3, 0.4) is 0 Å². The fourth-order valence-electron chi connectivity index (χ4n) is 2.17. The lowest BCUT2D eigenvalue weighted by molar-refractivity contribution is -0.137. The van der Waals surface area contributed by atoms with Crippen LogP contribution in [0.25, 0.3) is 11.0 Å². The Bertz CT molecular complexity index is 685. The molecule has 116 valence electrons. The van der Waals surface area contributed by atoms with Gasteiger partial charge in [0.15, 0.2) is 0 Å². The Hall–Kier alpha value is -2.50. The number of aliphatic carboxylic acids is 1. The largest absolute Gasteiger partial charge is 0.481 e. The minimum Gasteiger partial charge on any atom is -0.481 e. The topological polar surface area (TPSA) is 83.4 Å². The maximum Gasteiger partial charge on any atom is 0.305 e. The van der Waals surface area contributed by atoms with Crippen LogP contribution in [-0.4, -0.2) is 44.9 Å². The molecule has 0 saturated carbocycles. The van der Waals surface area contributed by atoms with E-state index in [2.05, 4.69) is 9.97 Å². The minimum absolute atomic E-state index is 0.0839. The van der Waals surface area contributed by atoms with Crippen molar-refractivity contribution in [1.29, 1.82) is 0 Å². The molecule has 0 aliphatic rings. The first-order valence-corrected chi connectivity index (χ1v) is 7.20. The number of rotatable bonds is 6. The zero-order chi connectivity index (χ0) is 16.1. The molecule has 0 fully saturated rings. The maximum absolute atomic E-state index is 12.6. The number of nitrogens with zero attached hydrogens (tertiary/aromatic N) is 3. The molecule has 1 aromatic carbocycles. The number of hydrogen-bond donors (Lipinski definition) is 1. The standard InChI is InChI=1S/C16H19N3O3/c1-11(2)10-19(8-7-15(20)21)16(22)14-9-17-12-5-3-4-6-13(12)18-14/h3-6,9,11H,7-8,10H2,1-2H3,(H,20,21). The van der Waals surface area contributed by atoms with Crippen LogP contribution in [-0.2, 0) is 4.79 Å². The predicted molar refractivity (Wildman–Crippen MR) is 82.5 cm³/mol. The van der Waals surface area contributed by atoms with E-state index in [-0.39, 0.29) is 30.5 Å². The first-order valence-electron chi connectivity index (χ1n) is 7.20. The molecule has 0 aliphatic carbocycles. The molecule has 2 aromatic rings. The molecule has 1 N–H and O–H groups in total. The highest BCUT2D eigenvalue weighted by molar-refractivity contribution is 5.94. The summed E-state index contributed by atoms with van der Waals surface area (Å²) >= 11 is 0. The fraction of sp³-hybridized carbons (Fsp3) is 0.375. The normalized spacial score (nSPS) is 10.9. The maximum atomic E-state index is 12.6. The Morgan fingerprint density at radius 1 is 1.23 bits per heavy atom. The minimum atomic E-state index is -0.925. The van der Waals surface area contributed by atoms with E-state index >= 15 is 0 Å². The second kappa shape index (κ2) is 6.98. The van der Waals surface area contributed by atoms with Crippen molar-refractivity contribution < 1.29 is 14.7 Å². The molecule has 1 aromatic heterocycles. The van der Waals surface area contributed by atoms with Gasteiger partial charge in [0.2, 0.25) is 0 Å². The first-order chi connectivity index (χ1) is 10.5. The zero-order valence-corrected chi connectivity index (χ0v) is 12.7. The molecule has 1 heterocycles. The van der Waals surface area contributed by atoms with Gasteiger partial charge in [0.05, 0.1) is 23.7 Å². The van der Waals surface area contributed by atoms with Gasteiger partial charge in [-0.05, 0) is 18.1 Å². The molecule has 0 radical (unpaired) electrons. The summed E-state index contributed by atoms with van der Waals surface area (Å²) in [5.41, 5.74) is 1.61. The van der Waals surface area contributed by atoms with Crippen LogP contribution >= 0.6 is 0 Å². The average Bonchev–Trinajstić information content (AvgIpc) is 2.49. The molecule has 0 bridgehead atoms. The molecule has 0 atom stereocenters. The smallest absolute Gasteiger partial charge is 0.305 e. The van der Waals surface area contributed by atoms with Crippen molar-refractivity contribution in [3.8, 4) is 0 Å². The third-order valence-corrected chi connectivity index (χ3v) is 3.14. The monoisotopic (exact) mass is 301 g/mol. The van der Waals surface area contributed by atoms with Crippen molar-refractivity contribution >= 4 is 22.9 Å². The number of carboxylic acid groups (broad SMARTS) is 1. The third-order valence-electron chi connectivity index (χ3n) is 3.14. The van der Waals surface area contributed by atoms with Crippen LogP contribution in [0, 0.1) is 5.92 Å². The lowest BCUT2D eigenvalue weighted by Crippen LogP contribution is -2.36. The van der Waals surface area contributed by atoms with Gasteiger partial charge in [-0.1, -0.05) is 26.0 Å². The molecular formula is C16H19N3O3.